The van der Waals surface area contributed by atoms with Gasteiger partial charge in [0.15, 0.2) is 0 Å². The Morgan fingerprint density at radius 1 is 1.65 bits per heavy atom. The lowest BCUT2D eigenvalue weighted by molar-refractivity contribution is -0.127. The molecule has 96 valence electrons. The molecule has 1 saturated heterocycles. The summed E-state index contributed by atoms with van der Waals surface area (Å²) in [6.07, 6.45) is 8.07. The Hall–Kier alpha value is -1.03. The smallest absolute Gasteiger partial charge is 0.222 e. The molecule has 0 spiro atoms. The fourth-order valence-corrected chi connectivity index (χ4v) is 2.36. The standard InChI is InChI=1S/C13H22N2O2/c1-11(10-15-7-4-6-13(15)16)14-9-12-5-2-3-8-17-12/h3,8,11-12,14H,2,4-7,9-10H2,1H3. The molecule has 0 saturated carbocycles. The van der Waals surface area contributed by atoms with Gasteiger partial charge in [-0.1, -0.05) is 0 Å². The number of carbonyl (C=O) groups is 1. The minimum atomic E-state index is 0.289. The molecular weight excluding hydrogens is 216 g/mol. The highest BCUT2D eigenvalue weighted by Crippen LogP contribution is 2.11. The predicted molar refractivity (Wildman–Crippen MR) is 66.5 cm³/mol. The van der Waals surface area contributed by atoms with Crippen molar-refractivity contribution < 1.29 is 9.53 Å². The van der Waals surface area contributed by atoms with E-state index in [4.69, 9.17) is 4.74 Å². The maximum Gasteiger partial charge on any atom is 0.222 e. The van der Waals surface area contributed by atoms with Crippen LogP contribution in [0.3, 0.4) is 0 Å². The maximum atomic E-state index is 11.5. The van der Waals surface area contributed by atoms with Crippen molar-refractivity contribution in [1.29, 1.82) is 0 Å². The molecule has 0 radical (unpaired) electrons. The van der Waals surface area contributed by atoms with E-state index in [0.717, 1.165) is 45.3 Å². The minimum Gasteiger partial charge on any atom is -0.497 e. The van der Waals surface area contributed by atoms with Crippen molar-refractivity contribution in [2.24, 2.45) is 0 Å². The third-order valence-electron chi connectivity index (χ3n) is 3.38. The Morgan fingerprint density at radius 2 is 2.53 bits per heavy atom. The number of nitrogens with one attached hydrogen (secondary N) is 1. The third kappa shape index (κ3) is 3.73. The monoisotopic (exact) mass is 238 g/mol. The molecule has 2 unspecified atom stereocenters. The molecule has 2 aliphatic rings. The van der Waals surface area contributed by atoms with Gasteiger partial charge in [0.1, 0.15) is 6.10 Å². The minimum absolute atomic E-state index is 0.289. The zero-order chi connectivity index (χ0) is 12.1. The van der Waals surface area contributed by atoms with Crippen molar-refractivity contribution in [3.63, 3.8) is 0 Å². The average molecular weight is 238 g/mol. The quantitative estimate of drug-likeness (QED) is 0.784. The lowest BCUT2D eigenvalue weighted by Gasteiger charge is -2.25. The Kier molecular flexibility index (Phi) is 4.42. The van der Waals surface area contributed by atoms with Crippen molar-refractivity contribution >= 4 is 5.91 Å². The number of carbonyl (C=O) groups excluding carboxylic acids is 1. The van der Waals surface area contributed by atoms with E-state index in [0.29, 0.717) is 11.9 Å². The SMILES string of the molecule is CC(CN1CCCC1=O)NCC1CCC=CO1. The van der Waals surface area contributed by atoms with Crippen LogP contribution in [0.1, 0.15) is 32.6 Å². The zero-order valence-electron chi connectivity index (χ0n) is 10.5. The van der Waals surface area contributed by atoms with E-state index in [1.807, 2.05) is 4.90 Å². The Morgan fingerprint density at radius 3 is 3.18 bits per heavy atom. The number of amides is 1. The fraction of sp³-hybridized carbons (Fsp3) is 0.769. The summed E-state index contributed by atoms with van der Waals surface area (Å²) in [6.45, 7) is 4.74. The second-order valence-corrected chi connectivity index (χ2v) is 4.96. The van der Waals surface area contributed by atoms with Gasteiger partial charge in [-0.3, -0.25) is 4.79 Å². The van der Waals surface area contributed by atoms with Gasteiger partial charge in [0.25, 0.3) is 0 Å². The fourth-order valence-electron chi connectivity index (χ4n) is 2.36. The molecule has 0 aromatic heterocycles. The molecule has 17 heavy (non-hydrogen) atoms. The van der Waals surface area contributed by atoms with Crippen LogP contribution in [0.5, 0.6) is 0 Å². The molecule has 1 amide bonds. The summed E-state index contributed by atoms with van der Waals surface area (Å²) in [7, 11) is 0. The van der Waals surface area contributed by atoms with Gasteiger partial charge in [-0.25, -0.2) is 0 Å². The zero-order valence-corrected chi connectivity index (χ0v) is 10.5. The van der Waals surface area contributed by atoms with E-state index in [1.54, 1.807) is 6.26 Å². The molecule has 2 atom stereocenters. The van der Waals surface area contributed by atoms with Crippen molar-refractivity contribution in [1.82, 2.24) is 10.2 Å². The van der Waals surface area contributed by atoms with E-state index in [1.165, 1.54) is 0 Å². The number of hydrogen-bond donors (Lipinski definition) is 1. The molecule has 2 heterocycles. The van der Waals surface area contributed by atoms with Crippen molar-refractivity contribution in [3.8, 4) is 0 Å². The summed E-state index contributed by atoms with van der Waals surface area (Å²) in [5.74, 6) is 0.301. The van der Waals surface area contributed by atoms with Gasteiger partial charge in [0.05, 0.1) is 6.26 Å². The van der Waals surface area contributed by atoms with E-state index in [9.17, 15) is 4.79 Å². The largest absolute Gasteiger partial charge is 0.497 e. The molecular formula is C13H22N2O2. The van der Waals surface area contributed by atoms with Gasteiger partial charge in [0, 0.05) is 32.1 Å². The van der Waals surface area contributed by atoms with Crippen LogP contribution < -0.4 is 5.32 Å². The molecule has 1 fully saturated rings. The maximum absolute atomic E-state index is 11.5. The summed E-state index contributed by atoms with van der Waals surface area (Å²) >= 11 is 0. The van der Waals surface area contributed by atoms with Crippen LogP contribution in [-0.2, 0) is 9.53 Å². The summed E-state index contributed by atoms with van der Waals surface area (Å²) < 4.78 is 5.50. The highest BCUT2D eigenvalue weighted by Gasteiger charge is 2.22. The Labute approximate surface area is 103 Å². The van der Waals surface area contributed by atoms with Crippen LogP contribution in [0.15, 0.2) is 12.3 Å². The summed E-state index contributed by atoms with van der Waals surface area (Å²) in [6, 6.07) is 0.339. The number of rotatable bonds is 5. The first-order chi connectivity index (χ1) is 8.25. The van der Waals surface area contributed by atoms with Crippen LogP contribution in [-0.4, -0.2) is 42.6 Å². The first kappa shape index (κ1) is 12.4. The number of nitrogens with zero attached hydrogens (tertiary/aromatic N) is 1. The first-order valence-corrected chi connectivity index (χ1v) is 6.57. The van der Waals surface area contributed by atoms with Gasteiger partial charge in [-0.2, -0.15) is 0 Å². The van der Waals surface area contributed by atoms with Gasteiger partial charge in [-0.15, -0.1) is 0 Å². The van der Waals surface area contributed by atoms with E-state index < -0.39 is 0 Å². The molecule has 1 N–H and O–H groups in total. The van der Waals surface area contributed by atoms with Crippen LogP contribution in [0.2, 0.25) is 0 Å². The van der Waals surface area contributed by atoms with Gasteiger partial charge < -0.3 is 15.0 Å². The normalized spacial score (nSPS) is 26.1. The molecule has 4 nitrogen and oxygen atoms in total. The lowest BCUT2D eigenvalue weighted by Crippen LogP contribution is -2.42. The third-order valence-corrected chi connectivity index (χ3v) is 3.38. The first-order valence-electron chi connectivity index (χ1n) is 6.57. The van der Waals surface area contributed by atoms with E-state index in [-0.39, 0.29) is 6.10 Å². The van der Waals surface area contributed by atoms with Gasteiger partial charge in [0.2, 0.25) is 5.91 Å². The molecule has 0 aromatic rings. The lowest BCUT2D eigenvalue weighted by atomic mass is 10.1. The van der Waals surface area contributed by atoms with E-state index in [2.05, 4.69) is 18.3 Å². The number of ether oxygens (including phenoxy) is 1. The van der Waals surface area contributed by atoms with Crippen LogP contribution in [0, 0.1) is 0 Å². The van der Waals surface area contributed by atoms with E-state index >= 15 is 0 Å². The summed E-state index contributed by atoms with van der Waals surface area (Å²) in [5.41, 5.74) is 0. The van der Waals surface area contributed by atoms with Gasteiger partial charge >= 0.3 is 0 Å². The molecule has 0 aliphatic carbocycles. The van der Waals surface area contributed by atoms with Crippen molar-refractivity contribution in [3.05, 3.63) is 12.3 Å². The van der Waals surface area contributed by atoms with Crippen LogP contribution in [0.25, 0.3) is 0 Å². The molecule has 2 rings (SSSR count). The van der Waals surface area contributed by atoms with Crippen LogP contribution >= 0.6 is 0 Å². The highest BCUT2D eigenvalue weighted by molar-refractivity contribution is 5.78. The Bertz CT molecular complexity index is 291. The van der Waals surface area contributed by atoms with Crippen molar-refractivity contribution in [2.45, 2.75) is 44.8 Å². The highest BCUT2D eigenvalue weighted by atomic mass is 16.5. The second-order valence-electron chi connectivity index (χ2n) is 4.96. The second kappa shape index (κ2) is 6.05. The molecule has 0 aromatic carbocycles. The number of hydrogen-bond acceptors (Lipinski definition) is 3. The molecule has 2 aliphatic heterocycles. The molecule has 4 heteroatoms. The summed E-state index contributed by atoms with van der Waals surface area (Å²) in [5, 5.41) is 3.45. The predicted octanol–water partition coefficient (Wildman–Crippen LogP) is 1.28. The average Bonchev–Trinajstić information content (AvgIpc) is 2.74. The molecule has 0 bridgehead atoms. The summed E-state index contributed by atoms with van der Waals surface area (Å²) in [4.78, 5) is 13.4. The van der Waals surface area contributed by atoms with Crippen LogP contribution in [0.4, 0.5) is 0 Å². The topological polar surface area (TPSA) is 41.6 Å². The van der Waals surface area contributed by atoms with Gasteiger partial charge in [-0.05, 0) is 32.3 Å². The Balaban J connectivity index is 1.64. The number of likely N-dealkylation sites (tertiary alicyclic amines) is 1. The van der Waals surface area contributed by atoms with Crippen molar-refractivity contribution in [2.75, 3.05) is 19.6 Å². The number of allylic oxidation sites excluding steroid dienone is 1.